The van der Waals surface area contributed by atoms with E-state index in [-0.39, 0.29) is 6.61 Å². The number of rotatable bonds is 4. The molecule has 0 saturated carbocycles. The van der Waals surface area contributed by atoms with Gasteiger partial charge in [0.15, 0.2) is 0 Å². The van der Waals surface area contributed by atoms with E-state index in [1.807, 2.05) is 0 Å². The lowest BCUT2D eigenvalue weighted by Gasteiger charge is -2.11. The average molecular weight is 194 g/mol. The Labute approximate surface area is 71.1 Å². The summed E-state index contributed by atoms with van der Waals surface area (Å²) < 4.78 is 30.5. The topological polar surface area (TPSA) is 68.2 Å². The van der Waals surface area contributed by atoms with E-state index in [2.05, 4.69) is 13.5 Å². The van der Waals surface area contributed by atoms with Crippen LogP contribution in [0.1, 0.15) is 6.92 Å². The van der Waals surface area contributed by atoms with Crippen LogP contribution in [0, 0.1) is 0 Å². The minimum Gasteiger partial charge on any atom is -0.271 e. The van der Waals surface area contributed by atoms with Gasteiger partial charge in [-0.2, -0.15) is 8.42 Å². The maximum atomic E-state index is 10.8. The third kappa shape index (κ3) is 2.76. The molecule has 0 radical (unpaired) electrons. The van der Waals surface area contributed by atoms with Gasteiger partial charge < -0.3 is 0 Å². The molecule has 0 bridgehead atoms. The molecule has 12 heavy (non-hydrogen) atoms. The van der Waals surface area contributed by atoms with Crippen molar-refractivity contribution in [3.63, 3.8) is 0 Å². The number of hydroxylamine groups is 2. The van der Waals surface area contributed by atoms with Gasteiger partial charge in [0.2, 0.25) is 0 Å². The Hall–Kier alpha value is -0.660. The maximum Gasteiger partial charge on any atom is 0.421 e. The van der Waals surface area contributed by atoms with Crippen molar-refractivity contribution in [2.45, 2.75) is 6.92 Å². The van der Waals surface area contributed by atoms with E-state index in [4.69, 9.17) is 0 Å². The molecule has 1 aliphatic heterocycles. The molecule has 0 unspecified atom stereocenters. The highest BCUT2D eigenvalue weighted by Gasteiger charge is 2.17. The van der Waals surface area contributed by atoms with Crippen LogP contribution in [0.5, 0.6) is 0 Å². The highest BCUT2D eigenvalue weighted by molar-refractivity contribution is 7.81. The molecule has 0 spiro atoms. The van der Waals surface area contributed by atoms with E-state index < -0.39 is 10.4 Å². The standard InChI is InChI=1S/C5H10N2O4S/c1-2-10-12(8,9)11-7-4-3-6-5-7/h5H,2-4H2,1H3. The zero-order chi connectivity index (χ0) is 9.03. The molecule has 0 saturated heterocycles. The number of hydrogen-bond donors (Lipinski definition) is 0. The van der Waals surface area contributed by atoms with Gasteiger partial charge in [0.1, 0.15) is 6.34 Å². The van der Waals surface area contributed by atoms with Gasteiger partial charge in [-0.05, 0) is 6.92 Å². The SMILES string of the molecule is CCOS(=O)(=O)ON1C=NCC1. The first-order valence-corrected chi connectivity index (χ1v) is 4.83. The molecule has 0 aliphatic carbocycles. The van der Waals surface area contributed by atoms with Crippen molar-refractivity contribution in [1.82, 2.24) is 5.06 Å². The summed E-state index contributed by atoms with van der Waals surface area (Å²) in [6, 6.07) is 0. The fourth-order valence-corrected chi connectivity index (χ4v) is 1.38. The fourth-order valence-electron chi connectivity index (χ4n) is 0.702. The van der Waals surface area contributed by atoms with Crippen molar-refractivity contribution in [1.29, 1.82) is 0 Å². The van der Waals surface area contributed by atoms with Crippen LogP contribution in [0.4, 0.5) is 0 Å². The predicted octanol–water partition coefficient (Wildman–Crippen LogP) is -0.457. The molecular formula is C5H10N2O4S. The first kappa shape index (κ1) is 9.43. The molecule has 1 heterocycles. The minimum absolute atomic E-state index is 0.0628. The van der Waals surface area contributed by atoms with Gasteiger partial charge in [-0.1, -0.05) is 0 Å². The van der Waals surface area contributed by atoms with Crippen LogP contribution in [0.15, 0.2) is 4.99 Å². The van der Waals surface area contributed by atoms with Crippen molar-refractivity contribution >= 4 is 16.7 Å². The fraction of sp³-hybridized carbons (Fsp3) is 0.800. The lowest BCUT2D eigenvalue weighted by Crippen LogP contribution is -2.25. The average Bonchev–Trinajstić information content (AvgIpc) is 2.38. The molecule has 0 aromatic heterocycles. The molecule has 0 fully saturated rings. The summed E-state index contributed by atoms with van der Waals surface area (Å²) in [4.78, 5) is 3.76. The van der Waals surface area contributed by atoms with E-state index >= 15 is 0 Å². The van der Waals surface area contributed by atoms with Crippen molar-refractivity contribution in [2.75, 3.05) is 19.7 Å². The van der Waals surface area contributed by atoms with E-state index in [9.17, 15) is 8.42 Å². The number of aliphatic imine (C=N–C) groups is 1. The third-order valence-corrected chi connectivity index (χ3v) is 2.01. The van der Waals surface area contributed by atoms with Crippen LogP contribution in [-0.4, -0.2) is 39.5 Å². The first-order valence-electron chi connectivity index (χ1n) is 3.49. The number of hydrogen-bond acceptors (Lipinski definition) is 6. The van der Waals surface area contributed by atoms with E-state index in [1.165, 1.54) is 6.34 Å². The Morgan fingerprint density at radius 2 is 2.42 bits per heavy atom. The van der Waals surface area contributed by atoms with Gasteiger partial charge >= 0.3 is 10.4 Å². The van der Waals surface area contributed by atoms with Crippen LogP contribution in [0.3, 0.4) is 0 Å². The molecule has 1 aliphatic rings. The molecule has 0 aromatic rings. The second kappa shape index (κ2) is 3.83. The normalized spacial score (nSPS) is 17.2. The summed E-state index contributed by atoms with van der Waals surface area (Å²) in [7, 11) is -3.88. The summed E-state index contributed by atoms with van der Waals surface area (Å²) >= 11 is 0. The monoisotopic (exact) mass is 194 g/mol. The summed E-state index contributed by atoms with van der Waals surface area (Å²) in [5.74, 6) is 0. The highest BCUT2D eigenvalue weighted by atomic mass is 32.3. The van der Waals surface area contributed by atoms with Crippen LogP contribution < -0.4 is 0 Å². The second-order valence-electron chi connectivity index (χ2n) is 2.05. The quantitative estimate of drug-likeness (QED) is 0.606. The Morgan fingerprint density at radius 3 is 2.92 bits per heavy atom. The predicted molar refractivity (Wildman–Crippen MR) is 41.7 cm³/mol. The molecule has 70 valence electrons. The van der Waals surface area contributed by atoms with Crippen molar-refractivity contribution in [3.05, 3.63) is 0 Å². The Kier molecular flexibility index (Phi) is 3.01. The lowest BCUT2D eigenvalue weighted by molar-refractivity contribution is 0.0231. The summed E-state index contributed by atoms with van der Waals surface area (Å²) in [5.41, 5.74) is 0. The summed E-state index contributed by atoms with van der Waals surface area (Å²) in [6.45, 7) is 2.61. The van der Waals surface area contributed by atoms with Crippen LogP contribution in [-0.2, 0) is 18.9 Å². The second-order valence-corrected chi connectivity index (χ2v) is 3.25. The molecule has 1 rings (SSSR count). The van der Waals surface area contributed by atoms with Gasteiger partial charge in [0.05, 0.1) is 19.7 Å². The molecule has 7 heteroatoms. The van der Waals surface area contributed by atoms with Gasteiger partial charge in [-0.15, -0.1) is 4.28 Å². The van der Waals surface area contributed by atoms with Crippen LogP contribution in [0.25, 0.3) is 0 Å². The van der Waals surface area contributed by atoms with Gasteiger partial charge in [-0.25, -0.2) is 9.25 Å². The zero-order valence-corrected chi connectivity index (χ0v) is 7.45. The van der Waals surface area contributed by atoms with E-state index in [1.54, 1.807) is 6.92 Å². The van der Waals surface area contributed by atoms with Gasteiger partial charge in [0.25, 0.3) is 0 Å². The number of nitrogens with zero attached hydrogens (tertiary/aromatic N) is 2. The summed E-state index contributed by atoms with van der Waals surface area (Å²) in [5, 5.41) is 1.12. The molecule has 0 aromatic carbocycles. The van der Waals surface area contributed by atoms with Crippen molar-refractivity contribution < 1.29 is 16.9 Å². The summed E-state index contributed by atoms with van der Waals surface area (Å²) in [6.07, 6.45) is 1.32. The van der Waals surface area contributed by atoms with E-state index in [0.717, 1.165) is 5.06 Å². The van der Waals surface area contributed by atoms with Crippen LogP contribution >= 0.6 is 0 Å². The van der Waals surface area contributed by atoms with Gasteiger partial charge in [0, 0.05) is 0 Å². The Balaban J connectivity index is 2.44. The highest BCUT2D eigenvalue weighted by Crippen LogP contribution is 2.02. The largest absolute Gasteiger partial charge is 0.421 e. The lowest BCUT2D eigenvalue weighted by atomic mass is 10.7. The van der Waals surface area contributed by atoms with Gasteiger partial charge in [-0.3, -0.25) is 4.99 Å². The van der Waals surface area contributed by atoms with Crippen molar-refractivity contribution in [2.24, 2.45) is 4.99 Å². The third-order valence-electron chi connectivity index (χ3n) is 1.11. The Bertz CT molecular complexity index is 261. The minimum atomic E-state index is -3.88. The van der Waals surface area contributed by atoms with Crippen molar-refractivity contribution in [3.8, 4) is 0 Å². The molecule has 0 amide bonds. The smallest absolute Gasteiger partial charge is 0.271 e. The maximum absolute atomic E-state index is 10.8. The zero-order valence-electron chi connectivity index (χ0n) is 6.63. The molecule has 6 nitrogen and oxygen atoms in total. The van der Waals surface area contributed by atoms with Crippen LogP contribution in [0.2, 0.25) is 0 Å². The Morgan fingerprint density at radius 1 is 1.67 bits per heavy atom. The molecule has 0 N–H and O–H groups in total. The van der Waals surface area contributed by atoms with E-state index in [0.29, 0.717) is 13.1 Å². The first-order chi connectivity index (χ1) is 5.64. The molecular weight excluding hydrogens is 184 g/mol. The molecule has 0 atom stereocenters.